The van der Waals surface area contributed by atoms with Gasteiger partial charge in [-0.25, -0.2) is 15.0 Å². The topological polar surface area (TPSA) is 114 Å². The number of fused-ring (bicyclic) bond motifs is 1. The average Bonchev–Trinajstić information content (AvgIpc) is 3.33. The number of nitrogens with one attached hydrogen (secondary N) is 1. The second kappa shape index (κ2) is 12.7. The van der Waals surface area contributed by atoms with Gasteiger partial charge in [0.2, 0.25) is 11.9 Å². The van der Waals surface area contributed by atoms with E-state index in [0.29, 0.717) is 18.0 Å². The van der Waals surface area contributed by atoms with Crippen molar-refractivity contribution in [1.82, 2.24) is 29.4 Å². The van der Waals surface area contributed by atoms with Gasteiger partial charge in [-0.3, -0.25) is 9.36 Å². The monoisotopic (exact) mass is 597 g/mol. The maximum Gasteiger partial charge on any atom is 0.229 e. The molecule has 1 amide bonds. The minimum absolute atomic E-state index is 0.102. The zero-order valence-electron chi connectivity index (χ0n) is 25.2. The highest BCUT2D eigenvalue weighted by molar-refractivity contribution is 5.88. The van der Waals surface area contributed by atoms with E-state index in [1.54, 1.807) is 6.92 Å². The second-order valence-electron chi connectivity index (χ2n) is 11.6. The third-order valence-corrected chi connectivity index (χ3v) is 8.67. The number of aromatic nitrogens is 5. The van der Waals surface area contributed by atoms with Gasteiger partial charge in [-0.1, -0.05) is 0 Å². The van der Waals surface area contributed by atoms with Crippen LogP contribution in [-0.4, -0.2) is 94.4 Å². The van der Waals surface area contributed by atoms with Crippen LogP contribution in [0.15, 0.2) is 48.9 Å². The van der Waals surface area contributed by atoms with Crippen LogP contribution >= 0.6 is 0 Å². The van der Waals surface area contributed by atoms with Crippen molar-refractivity contribution in [2.75, 3.05) is 74.2 Å². The van der Waals surface area contributed by atoms with Gasteiger partial charge in [-0.2, -0.15) is 4.98 Å². The average molecular weight is 598 g/mol. The summed E-state index contributed by atoms with van der Waals surface area (Å²) < 4.78 is 13.6. The molecule has 3 saturated heterocycles. The lowest BCUT2D eigenvalue weighted by atomic mass is 10.1. The second-order valence-corrected chi connectivity index (χ2v) is 11.6. The molecule has 12 heteroatoms. The molecule has 0 aliphatic carbocycles. The Morgan fingerprint density at radius 1 is 0.864 bits per heavy atom. The summed E-state index contributed by atoms with van der Waals surface area (Å²) in [5, 5.41) is 3.43. The van der Waals surface area contributed by atoms with Gasteiger partial charge < -0.3 is 29.5 Å². The first-order valence-electron chi connectivity index (χ1n) is 15.7. The number of imidazole rings is 1. The Kier molecular flexibility index (Phi) is 8.25. The fraction of sp³-hybridized carbons (Fsp3) is 0.469. The van der Waals surface area contributed by atoms with Gasteiger partial charge in [0.25, 0.3) is 0 Å². The molecule has 12 nitrogen and oxygen atoms in total. The van der Waals surface area contributed by atoms with Crippen LogP contribution in [0.3, 0.4) is 0 Å². The number of carbonyl (C=O) groups excluding carboxylic acids is 1. The van der Waals surface area contributed by atoms with Crippen LogP contribution in [0.1, 0.15) is 38.8 Å². The molecule has 0 saturated carbocycles. The van der Waals surface area contributed by atoms with E-state index in [1.165, 1.54) is 5.69 Å². The maximum atomic E-state index is 11.9. The number of pyridine rings is 1. The van der Waals surface area contributed by atoms with Crippen molar-refractivity contribution in [3.8, 4) is 11.3 Å². The normalized spacial score (nSPS) is 19.7. The molecule has 1 aromatic carbocycles. The fourth-order valence-corrected chi connectivity index (χ4v) is 6.21. The van der Waals surface area contributed by atoms with Crippen molar-refractivity contribution in [2.24, 2.45) is 0 Å². The predicted octanol–water partition coefficient (Wildman–Crippen LogP) is 4.23. The summed E-state index contributed by atoms with van der Waals surface area (Å²) in [5.74, 6) is 1.51. The van der Waals surface area contributed by atoms with Crippen molar-refractivity contribution in [3.63, 3.8) is 0 Å². The zero-order chi connectivity index (χ0) is 29.9. The molecule has 3 aliphatic rings. The van der Waals surface area contributed by atoms with Crippen LogP contribution in [-0.2, 0) is 14.3 Å². The quantitative estimate of drug-likeness (QED) is 0.347. The Morgan fingerprint density at radius 2 is 1.73 bits per heavy atom. The molecule has 6 heterocycles. The van der Waals surface area contributed by atoms with E-state index < -0.39 is 0 Å². The number of hydrogen-bond acceptors (Lipinski definition) is 10. The summed E-state index contributed by atoms with van der Waals surface area (Å²) in [5.41, 5.74) is 5.11. The van der Waals surface area contributed by atoms with Gasteiger partial charge in [-0.15, -0.1) is 0 Å². The Morgan fingerprint density at radius 3 is 2.48 bits per heavy atom. The van der Waals surface area contributed by atoms with E-state index in [0.717, 1.165) is 107 Å². The fourth-order valence-electron chi connectivity index (χ4n) is 6.21. The number of benzene rings is 1. The van der Waals surface area contributed by atoms with E-state index in [-0.39, 0.29) is 12.1 Å². The highest BCUT2D eigenvalue weighted by atomic mass is 16.5. The number of hydrogen-bond donors (Lipinski definition) is 1. The van der Waals surface area contributed by atoms with Gasteiger partial charge in [0.05, 0.1) is 19.5 Å². The Hall–Kier alpha value is -4.29. The van der Waals surface area contributed by atoms with Crippen LogP contribution in [0.5, 0.6) is 0 Å². The number of carbonyl (C=O) groups is 1. The smallest absolute Gasteiger partial charge is 0.229 e. The van der Waals surface area contributed by atoms with Crippen molar-refractivity contribution in [2.45, 2.75) is 38.8 Å². The first-order chi connectivity index (χ1) is 21.6. The third kappa shape index (κ3) is 6.04. The summed E-state index contributed by atoms with van der Waals surface area (Å²) in [6.07, 6.45) is 7.59. The lowest BCUT2D eigenvalue weighted by molar-refractivity contribution is -0.128. The largest absolute Gasteiger partial charge is 0.378 e. The van der Waals surface area contributed by atoms with Gasteiger partial charge in [0.1, 0.15) is 23.3 Å². The molecule has 1 N–H and O–H groups in total. The number of morpholine rings is 1. The van der Waals surface area contributed by atoms with Crippen LogP contribution in [0.4, 0.5) is 23.1 Å². The Bertz CT molecular complexity index is 1580. The SMILES string of the molecule is CC(=O)N1CCCN(c2ccc(-c3nc(Nc4ccc(N5CCOCC5)cc4)nc4c3ncn4C3CCCCO3)cn2)CC1. The molecular formula is C32H39N9O3. The Labute approximate surface area is 257 Å². The molecular weight excluding hydrogens is 558 g/mol. The van der Waals surface area contributed by atoms with E-state index in [4.69, 9.17) is 29.4 Å². The standard InChI is InChI=1S/C32H39N9O3/c1-23(42)38-12-4-13-40(15-14-38)27-11-6-24(21-33-27)29-30-31(41(22-34-30)28-5-2-3-18-44-28)37-32(36-29)35-25-7-9-26(10-8-25)39-16-19-43-20-17-39/h6-11,21-22,28H,2-5,12-20H2,1H3,(H,35,36,37). The third-order valence-electron chi connectivity index (χ3n) is 8.67. The number of ether oxygens (including phenoxy) is 2. The molecule has 0 spiro atoms. The first-order valence-corrected chi connectivity index (χ1v) is 15.7. The highest BCUT2D eigenvalue weighted by Gasteiger charge is 2.23. The molecule has 3 aromatic heterocycles. The van der Waals surface area contributed by atoms with Crippen LogP contribution < -0.4 is 15.1 Å². The molecule has 0 bridgehead atoms. The zero-order valence-corrected chi connectivity index (χ0v) is 25.2. The summed E-state index contributed by atoms with van der Waals surface area (Å²) in [6.45, 7) is 8.76. The van der Waals surface area contributed by atoms with Gasteiger partial charge in [-0.05, 0) is 62.1 Å². The number of rotatable bonds is 6. The van der Waals surface area contributed by atoms with E-state index in [2.05, 4.69) is 45.4 Å². The molecule has 7 rings (SSSR count). The van der Waals surface area contributed by atoms with Gasteiger partial charge in [0.15, 0.2) is 5.65 Å². The number of nitrogens with zero attached hydrogens (tertiary/aromatic N) is 8. The lowest BCUT2D eigenvalue weighted by Crippen LogP contribution is -2.36. The van der Waals surface area contributed by atoms with E-state index in [1.807, 2.05) is 28.1 Å². The molecule has 3 aliphatic heterocycles. The molecule has 3 fully saturated rings. The van der Waals surface area contributed by atoms with Gasteiger partial charge in [0, 0.05) is 75.9 Å². The summed E-state index contributed by atoms with van der Waals surface area (Å²) in [4.78, 5) is 37.9. The molecule has 1 unspecified atom stereocenters. The highest BCUT2D eigenvalue weighted by Crippen LogP contribution is 2.32. The van der Waals surface area contributed by atoms with Crippen LogP contribution in [0.25, 0.3) is 22.4 Å². The summed E-state index contributed by atoms with van der Waals surface area (Å²) in [6, 6.07) is 12.4. The van der Waals surface area contributed by atoms with Crippen LogP contribution in [0, 0.1) is 0 Å². The molecule has 44 heavy (non-hydrogen) atoms. The lowest BCUT2D eigenvalue weighted by Gasteiger charge is -2.28. The van der Waals surface area contributed by atoms with Crippen molar-refractivity contribution < 1.29 is 14.3 Å². The minimum atomic E-state index is -0.102. The molecule has 4 aromatic rings. The number of anilines is 4. The van der Waals surface area contributed by atoms with Crippen LogP contribution in [0.2, 0.25) is 0 Å². The molecule has 0 radical (unpaired) electrons. The van der Waals surface area contributed by atoms with Gasteiger partial charge >= 0.3 is 0 Å². The van der Waals surface area contributed by atoms with Crippen molar-refractivity contribution in [3.05, 3.63) is 48.9 Å². The van der Waals surface area contributed by atoms with Crippen molar-refractivity contribution >= 4 is 40.2 Å². The predicted molar refractivity (Wildman–Crippen MR) is 169 cm³/mol. The minimum Gasteiger partial charge on any atom is -0.378 e. The van der Waals surface area contributed by atoms with E-state index >= 15 is 0 Å². The summed E-state index contributed by atoms with van der Waals surface area (Å²) in [7, 11) is 0. The first kappa shape index (κ1) is 28.5. The maximum absolute atomic E-state index is 11.9. The Balaban J connectivity index is 1.19. The molecule has 1 atom stereocenters. The molecule has 230 valence electrons. The van der Waals surface area contributed by atoms with Crippen molar-refractivity contribution in [1.29, 1.82) is 0 Å². The number of amides is 1. The van der Waals surface area contributed by atoms with E-state index in [9.17, 15) is 4.79 Å². The summed E-state index contributed by atoms with van der Waals surface area (Å²) >= 11 is 0.